The van der Waals surface area contributed by atoms with Crippen molar-refractivity contribution in [3.8, 4) is 0 Å². The Hall–Kier alpha value is -3.60. The molecule has 1 aliphatic carbocycles. The molecule has 1 aromatic heterocycles. The van der Waals surface area contributed by atoms with E-state index in [0.29, 0.717) is 0 Å². The van der Waals surface area contributed by atoms with Crippen LogP contribution in [0.5, 0.6) is 0 Å². The summed E-state index contributed by atoms with van der Waals surface area (Å²) in [5.41, 5.74) is 11.3. The zero-order chi connectivity index (χ0) is 22.3. The number of halogens is 1. The topological polar surface area (TPSA) is 68.1 Å². The highest BCUT2D eigenvalue weighted by atomic mass is 19.1. The molecule has 0 radical (unpaired) electrons. The number of aromatic amines is 1. The highest BCUT2D eigenvalue weighted by Gasteiger charge is 2.40. The van der Waals surface area contributed by atoms with Crippen LogP contribution in [0.4, 0.5) is 9.18 Å². The summed E-state index contributed by atoms with van der Waals surface area (Å²) in [7, 11) is 0. The number of para-hydroxylation sites is 1. The molecule has 1 amide bonds. The van der Waals surface area contributed by atoms with E-state index < -0.39 is 12.2 Å². The molecule has 3 aromatic carbocycles. The maximum absolute atomic E-state index is 13.9. The zero-order valence-corrected chi connectivity index (χ0v) is 17.9. The zero-order valence-electron chi connectivity index (χ0n) is 17.9. The quantitative estimate of drug-likeness (QED) is 0.401. The molecular formula is C27H25FN2O2. The molecule has 4 aromatic rings. The van der Waals surface area contributed by atoms with Gasteiger partial charge in [-0.1, -0.05) is 61.5 Å². The molecular weight excluding hydrogens is 403 g/mol. The molecule has 1 heterocycles. The Morgan fingerprint density at radius 3 is 2.69 bits per heavy atom. The Morgan fingerprint density at radius 2 is 1.94 bits per heavy atom. The highest BCUT2D eigenvalue weighted by Crippen LogP contribution is 2.49. The summed E-state index contributed by atoms with van der Waals surface area (Å²) >= 11 is 0. The van der Waals surface area contributed by atoms with Crippen LogP contribution in [-0.4, -0.2) is 11.1 Å². The second-order valence-electron chi connectivity index (χ2n) is 8.44. The molecule has 162 valence electrons. The van der Waals surface area contributed by atoms with E-state index >= 15 is 0 Å². The van der Waals surface area contributed by atoms with Gasteiger partial charge in [-0.3, -0.25) is 0 Å². The van der Waals surface area contributed by atoms with Crippen molar-refractivity contribution in [3.63, 3.8) is 0 Å². The van der Waals surface area contributed by atoms with Gasteiger partial charge >= 0.3 is 6.09 Å². The molecule has 2 atom stereocenters. The predicted octanol–water partition coefficient (Wildman–Crippen LogP) is 6.13. The van der Waals surface area contributed by atoms with Crippen molar-refractivity contribution in [1.29, 1.82) is 0 Å². The Labute approximate surface area is 186 Å². The lowest BCUT2D eigenvalue weighted by Gasteiger charge is -2.29. The van der Waals surface area contributed by atoms with Gasteiger partial charge in [0.2, 0.25) is 0 Å². The highest BCUT2D eigenvalue weighted by molar-refractivity contribution is 5.89. The van der Waals surface area contributed by atoms with E-state index in [4.69, 9.17) is 10.5 Å². The van der Waals surface area contributed by atoms with Crippen LogP contribution in [0.3, 0.4) is 0 Å². The fourth-order valence-electron chi connectivity index (χ4n) is 5.40. The number of amides is 1. The minimum Gasteiger partial charge on any atom is -0.436 e. The number of rotatable bonds is 5. The third-order valence-electron chi connectivity index (χ3n) is 6.89. The molecule has 0 bridgehead atoms. The third kappa shape index (κ3) is 3.16. The van der Waals surface area contributed by atoms with E-state index in [1.807, 2.05) is 48.5 Å². The second kappa shape index (κ2) is 7.83. The molecule has 0 spiro atoms. The van der Waals surface area contributed by atoms with Crippen LogP contribution in [0.15, 0.2) is 72.9 Å². The predicted molar refractivity (Wildman–Crippen MR) is 123 cm³/mol. The molecule has 5 heteroatoms. The molecule has 5 rings (SSSR count). The van der Waals surface area contributed by atoms with Crippen LogP contribution in [-0.2, 0) is 16.6 Å². The van der Waals surface area contributed by atoms with Gasteiger partial charge < -0.3 is 15.5 Å². The number of carbonyl (C=O) groups excluding carboxylic acids is 1. The summed E-state index contributed by atoms with van der Waals surface area (Å²) < 4.78 is 19.4. The van der Waals surface area contributed by atoms with Gasteiger partial charge in [0.15, 0.2) is 6.10 Å². The van der Waals surface area contributed by atoms with Gasteiger partial charge in [0.1, 0.15) is 5.82 Å². The number of aromatic nitrogens is 1. The Balaban J connectivity index is 1.68. The van der Waals surface area contributed by atoms with Crippen LogP contribution in [0.2, 0.25) is 0 Å². The first-order valence-electron chi connectivity index (χ1n) is 10.9. The number of benzene rings is 3. The monoisotopic (exact) mass is 428 g/mol. The Bertz CT molecular complexity index is 1300. The lowest BCUT2D eigenvalue weighted by atomic mass is 9.73. The lowest BCUT2D eigenvalue weighted by molar-refractivity contribution is 0.127. The van der Waals surface area contributed by atoms with Gasteiger partial charge in [-0.2, -0.15) is 0 Å². The van der Waals surface area contributed by atoms with Crippen molar-refractivity contribution in [2.24, 2.45) is 5.73 Å². The SMILES string of the molecule is CCC1(c2c[nH]c3c(C(OC(N)=O)c4ccccc4)cccc23)CCc2cc(F)ccc21. The first kappa shape index (κ1) is 20.3. The largest absolute Gasteiger partial charge is 0.436 e. The normalized spacial score (nSPS) is 18.4. The number of aryl methyl sites for hydroxylation is 1. The van der Waals surface area contributed by atoms with Crippen molar-refractivity contribution < 1.29 is 13.9 Å². The average molecular weight is 429 g/mol. The van der Waals surface area contributed by atoms with E-state index in [-0.39, 0.29) is 11.2 Å². The number of H-pyrrole nitrogens is 1. The summed E-state index contributed by atoms with van der Waals surface area (Å²) in [5.74, 6) is -0.189. The fourth-order valence-corrected chi connectivity index (χ4v) is 5.40. The smallest absolute Gasteiger partial charge is 0.405 e. The molecule has 3 N–H and O–H groups in total. The minimum atomic E-state index is -0.820. The van der Waals surface area contributed by atoms with E-state index in [1.165, 1.54) is 11.1 Å². The van der Waals surface area contributed by atoms with Crippen molar-refractivity contribution in [1.82, 2.24) is 4.98 Å². The van der Waals surface area contributed by atoms with Crippen LogP contribution < -0.4 is 5.73 Å². The Kier molecular flexibility index (Phi) is 4.97. The van der Waals surface area contributed by atoms with Gasteiger partial charge in [-0.05, 0) is 53.6 Å². The summed E-state index contributed by atoms with van der Waals surface area (Å²) in [6.45, 7) is 2.18. The molecule has 4 nitrogen and oxygen atoms in total. The third-order valence-corrected chi connectivity index (χ3v) is 6.89. The molecule has 0 saturated heterocycles. The summed E-state index contributed by atoms with van der Waals surface area (Å²) in [6.07, 6.45) is 3.31. The van der Waals surface area contributed by atoms with E-state index in [1.54, 1.807) is 12.1 Å². The first-order chi connectivity index (χ1) is 15.5. The van der Waals surface area contributed by atoms with Gasteiger partial charge in [0.05, 0.1) is 5.52 Å². The van der Waals surface area contributed by atoms with Crippen molar-refractivity contribution in [2.75, 3.05) is 0 Å². The number of primary amides is 1. The van der Waals surface area contributed by atoms with E-state index in [2.05, 4.69) is 24.2 Å². The number of nitrogens with one attached hydrogen (secondary N) is 1. The lowest BCUT2D eigenvalue weighted by Crippen LogP contribution is -2.23. The van der Waals surface area contributed by atoms with Gasteiger partial charge in [0, 0.05) is 22.6 Å². The van der Waals surface area contributed by atoms with Gasteiger partial charge in [-0.25, -0.2) is 9.18 Å². The number of ether oxygens (including phenoxy) is 1. The van der Waals surface area contributed by atoms with Gasteiger partial charge in [0.25, 0.3) is 0 Å². The van der Waals surface area contributed by atoms with Crippen molar-refractivity contribution >= 4 is 17.0 Å². The number of nitrogens with two attached hydrogens (primary N) is 1. The maximum Gasteiger partial charge on any atom is 0.405 e. The van der Waals surface area contributed by atoms with Crippen LogP contribution >= 0.6 is 0 Å². The summed E-state index contributed by atoms with van der Waals surface area (Å²) in [6, 6.07) is 20.8. The van der Waals surface area contributed by atoms with E-state index in [0.717, 1.165) is 46.9 Å². The van der Waals surface area contributed by atoms with E-state index in [9.17, 15) is 9.18 Å². The average Bonchev–Trinajstić information content (AvgIpc) is 3.40. The van der Waals surface area contributed by atoms with Crippen LogP contribution in [0, 0.1) is 5.82 Å². The fraction of sp³-hybridized carbons (Fsp3) is 0.222. The molecule has 1 aliphatic rings. The first-order valence-corrected chi connectivity index (χ1v) is 10.9. The summed E-state index contributed by atoms with van der Waals surface area (Å²) in [5, 5.41) is 1.08. The van der Waals surface area contributed by atoms with Crippen LogP contribution in [0.25, 0.3) is 10.9 Å². The van der Waals surface area contributed by atoms with Crippen LogP contribution in [0.1, 0.15) is 53.7 Å². The molecule has 32 heavy (non-hydrogen) atoms. The summed E-state index contributed by atoms with van der Waals surface area (Å²) in [4.78, 5) is 15.2. The number of hydrogen-bond acceptors (Lipinski definition) is 2. The standard InChI is InChI=1S/C27H25FN2O2/c1-2-27(14-13-18-15-19(28)11-12-22(18)27)23-16-30-24-20(23)9-6-10-21(24)25(32-26(29)31)17-7-4-3-5-8-17/h3-12,15-16,25,30H,2,13-14H2,1H3,(H2,29,31). The number of carbonyl (C=O) groups is 1. The molecule has 0 aliphatic heterocycles. The molecule has 2 unspecified atom stereocenters. The number of fused-ring (bicyclic) bond motifs is 2. The molecule has 0 fully saturated rings. The number of hydrogen-bond donors (Lipinski definition) is 2. The van der Waals surface area contributed by atoms with Crippen molar-refractivity contribution in [3.05, 3.63) is 107 Å². The Morgan fingerprint density at radius 1 is 1.12 bits per heavy atom. The maximum atomic E-state index is 13.9. The second-order valence-corrected chi connectivity index (χ2v) is 8.44. The van der Waals surface area contributed by atoms with Gasteiger partial charge in [-0.15, -0.1) is 0 Å². The molecule has 0 saturated carbocycles. The van der Waals surface area contributed by atoms with Crippen molar-refractivity contribution in [2.45, 2.75) is 37.7 Å². The minimum absolute atomic E-state index is 0.188.